The van der Waals surface area contributed by atoms with Crippen LogP contribution >= 0.6 is 31.9 Å². The topological polar surface area (TPSA) is 256 Å². The van der Waals surface area contributed by atoms with E-state index in [0.717, 1.165) is 102 Å². The second-order valence-electron chi connectivity index (χ2n) is 10.3. The second-order valence-corrected chi connectivity index (χ2v) is 12.1. The largest absolute Gasteiger partial charge is 3.00 e. The van der Waals surface area contributed by atoms with Crippen LogP contribution in [0.15, 0.2) is 55.3 Å². The standard InChI is InChI=1S/2C13H17BrN2O2.4C2H4O2.3Ni/c2*14-12-1-2-13(17)11(9-12)10-15-3-4-16-5-7-18-8-6-16;4*1-2(3)4;;;/h2*1-2,9-10,17H,3-8H2;4*1H3,(H,3,4);;;/q;;;;;;+2;2*+3/p-6. The fraction of sp³-hybridized carbons (Fsp3) is 0.471. The first-order valence-electron chi connectivity index (χ1n) is 15.7. The Morgan fingerprint density at radius 3 is 1.13 bits per heavy atom. The van der Waals surface area contributed by atoms with Crippen LogP contribution in [-0.2, 0) is 78.1 Å². The fourth-order valence-electron chi connectivity index (χ4n) is 3.61. The number of morpholine rings is 2. The van der Waals surface area contributed by atoms with Crippen LogP contribution in [0.1, 0.15) is 38.8 Å². The molecule has 0 saturated carbocycles. The van der Waals surface area contributed by atoms with Crippen molar-refractivity contribution >= 4 is 68.2 Å². The van der Waals surface area contributed by atoms with Crippen LogP contribution in [0.4, 0.5) is 0 Å². The van der Waals surface area contributed by atoms with Gasteiger partial charge in [0.15, 0.2) is 0 Å². The maximum absolute atomic E-state index is 11.5. The minimum Gasteiger partial charge on any atom is -0.872 e. The molecule has 0 N–H and O–H groups in total. The molecule has 0 amide bonds. The summed E-state index contributed by atoms with van der Waals surface area (Å²) in [6.45, 7) is 14.3. The van der Waals surface area contributed by atoms with E-state index in [0.29, 0.717) is 24.2 Å². The summed E-state index contributed by atoms with van der Waals surface area (Å²) in [7, 11) is 0. The zero-order chi connectivity index (χ0) is 39.9. The van der Waals surface area contributed by atoms with Crippen LogP contribution in [0.25, 0.3) is 0 Å². The Morgan fingerprint density at radius 1 is 0.618 bits per heavy atom. The summed E-state index contributed by atoms with van der Waals surface area (Å²) >= 11 is 6.69. The Morgan fingerprint density at radius 2 is 0.873 bits per heavy atom. The summed E-state index contributed by atoms with van der Waals surface area (Å²) in [6, 6.07) is 10.2. The maximum atomic E-state index is 11.5. The quantitative estimate of drug-likeness (QED) is 0.197. The number of carbonyl (C=O) groups is 4. The third-order valence-electron chi connectivity index (χ3n) is 5.70. The molecule has 2 radical (unpaired) electrons. The van der Waals surface area contributed by atoms with Gasteiger partial charge in [-0.25, -0.2) is 0 Å². The number of halogens is 2. The van der Waals surface area contributed by atoms with Crippen LogP contribution < -0.4 is 30.6 Å². The van der Waals surface area contributed by atoms with Crippen LogP contribution in [0.5, 0.6) is 11.5 Å². The monoisotopic (exact) mass is 1030 g/mol. The van der Waals surface area contributed by atoms with Gasteiger partial charge in [0.05, 0.1) is 39.5 Å². The van der Waals surface area contributed by atoms with Gasteiger partial charge in [0, 0.05) is 84.5 Å². The smallest absolute Gasteiger partial charge is 0.872 e. The third kappa shape index (κ3) is 44.1. The number of benzene rings is 2. The molecule has 0 aliphatic carbocycles. The number of carboxylic acid groups (broad SMARTS) is 4. The molecule has 2 aromatic carbocycles. The summed E-state index contributed by atoms with van der Waals surface area (Å²) < 4.78 is 12.4. The first-order chi connectivity index (χ1) is 24.4. The molecule has 4 rings (SSSR count). The number of rotatable bonds is 8. The van der Waals surface area contributed by atoms with E-state index in [9.17, 15) is 10.2 Å². The average molecular weight is 1040 g/mol. The van der Waals surface area contributed by atoms with E-state index >= 15 is 0 Å². The van der Waals surface area contributed by atoms with Crippen molar-refractivity contribution in [3.63, 3.8) is 0 Å². The van der Waals surface area contributed by atoms with Gasteiger partial charge in [0.25, 0.3) is 0 Å². The molecule has 2 aromatic rings. The number of aliphatic imine (C=N–C) groups is 2. The second kappa shape index (κ2) is 39.8. The normalized spacial score (nSPS) is 13.2. The van der Waals surface area contributed by atoms with E-state index in [1.165, 1.54) is 0 Å². The van der Waals surface area contributed by atoms with Gasteiger partial charge in [0.2, 0.25) is 0 Å². The molecule has 0 aromatic heterocycles. The number of hydrogen-bond acceptors (Lipinski definition) is 16. The predicted molar refractivity (Wildman–Crippen MR) is 189 cm³/mol. The number of aliphatic carboxylic acids is 4. The summed E-state index contributed by atoms with van der Waals surface area (Å²) in [6.07, 6.45) is 3.32. The number of nitrogens with zero attached hydrogens (tertiary/aromatic N) is 4. The van der Waals surface area contributed by atoms with Gasteiger partial charge in [-0.3, -0.25) is 19.8 Å². The molecular formula is C34H44Br2N4Ni3O12+2. The predicted octanol–water partition coefficient (Wildman–Crippen LogP) is -2.44. The Labute approximate surface area is 368 Å². The number of hydrogen-bond donors (Lipinski definition) is 0. The minimum atomic E-state index is -1.08. The Hall–Kier alpha value is -2.46. The molecule has 0 spiro atoms. The molecule has 2 aliphatic heterocycles. The molecule has 2 heterocycles. The summed E-state index contributed by atoms with van der Waals surface area (Å²) in [5, 5.41) is 58.6. The average Bonchev–Trinajstić information content (AvgIpc) is 3.05. The van der Waals surface area contributed by atoms with Crippen LogP contribution in [0, 0.1) is 0 Å². The summed E-state index contributed by atoms with van der Waals surface area (Å²) in [5.41, 5.74) is 1.26. The van der Waals surface area contributed by atoms with Crippen molar-refractivity contribution in [3.05, 3.63) is 56.5 Å². The zero-order valence-corrected chi connectivity index (χ0v) is 36.6. The summed E-state index contributed by atoms with van der Waals surface area (Å²) in [5.74, 6) is -4.32. The zero-order valence-electron chi connectivity index (χ0n) is 30.5. The van der Waals surface area contributed by atoms with Crippen molar-refractivity contribution in [3.8, 4) is 11.5 Å². The fourth-order valence-corrected chi connectivity index (χ4v) is 4.37. The van der Waals surface area contributed by atoms with Crippen LogP contribution in [0.2, 0.25) is 0 Å². The van der Waals surface area contributed by atoms with E-state index in [1.54, 1.807) is 48.8 Å². The van der Waals surface area contributed by atoms with Gasteiger partial charge in [-0.15, -0.1) is 0 Å². The molecule has 16 nitrogen and oxygen atoms in total. The van der Waals surface area contributed by atoms with Crippen LogP contribution in [0.3, 0.4) is 0 Å². The maximum Gasteiger partial charge on any atom is 3.00 e. The van der Waals surface area contributed by atoms with Crippen molar-refractivity contribution < 1.29 is 109 Å². The van der Waals surface area contributed by atoms with E-state index < -0.39 is 23.9 Å². The van der Waals surface area contributed by atoms with Crippen molar-refractivity contribution in [2.75, 3.05) is 78.8 Å². The van der Waals surface area contributed by atoms with Crippen molar-refractivity contribution in [1.29, 1.82) is 0 Å². The van der Waals surface area contributed by atoms with Gasteiger partial charge >= 0.3 is 49.5 Å². The van der Waals surface area contributed by atoms with Gasteiger partial charge < -0.3 is 59.3 Å². The van der Waals surface area contributed by atoms with E-state index in [-0.39, 0.29) is 61.0 Å². The van der Waals surface area contributed by atoms with Crippen molar-refractivity contribution in [2.45, 2.75) is 27.7 Å². The van der Waals surface area contributed by atoms with E-state index in [2.05, 4.69) is 51.6 Å². The molecule has 55 heavy (non-hydrogen) atoms. The van der Waals surface area contributed by atoms with Crippen molar-refractivity contribution in [2.24, 2.45) is 9.98 Å². The summed E-state index contributed by atoms with van der Waals surface area (Å²) in [4.78, 5) is 48.8. The van der Waals surface area contributed by atoms with E-state index in [4.69, 9.17) is 49.1 Å². The molecule has 2 aliphatic rings. The Balaban J connectivity index is -0.000000210. The third-order valence-corrected chi connectivity index (χ3v) is 6.69. The van der Waals surface area contributed by atoms with Gasteiger partial charge in [-0.2, -0.15) is 0 Å². The molecular weight excluding hydrogens is 992 g/mol. The van der Waals surface area contributed by atoms with Gasteiger partial charge in [-0.1, -0.05) is 55.5 Å². The molecule has 314 valence electrons. The van der Waals surface area contributed by atoms with Crippen LogP contribution in [-0.4, -0.2) is 125 Å². The molecule has 2 saturated heterocycles. The number of carboxylic acids is 4. The molecule has 0 bridgehead atoms. The Kier molecular flexibility index (Phi) is 44.6. The SMILES string of the molecule is CC(=O)[O-].CC(=O)[O-].CC(=O)[O-].CC(=O)[O-].[Ni+2].[Ni+3].[Ni+3].[O-]c1ccc(Br)cc1C=NCCN1CCOCC1.[O-]c1ccc(Br)cc1C=NCCN1CCOCC1. The first-order valence-corrected chi connectivity index (χ1v) is 17.3. The molecule has 0 atom stereocenters. The molecule has 0 unspecified atom stereocenters. The van der Waals surface area contributed by atoms with Gasteiger partial charge in [0.1, 0.15) is 0 Å². The van der Waals surface area contributed by atoms with Crippen molar-refractivity contribution in [1.82, 2.24) is 9.80 Å². The number of ether oxygens (including phenoxy) is 2. The number of carbonyl (C=O) groups excluding carboxylic acids is 4. The van der Waals surface area contributed by atoms with Gasteiger partial charge in [-0.05, 0) is 63.1 Å². The molecule has 21 heteroatoms. The molecule has 2 fully saturated rings. The Bertz CT molecular complexity index is 1260. The van der Waals surface area contributed by atoms with E-state index in [1.807, 2.05) is 0 Å². The first kappa shape index (κ1) is 61.8. The minimum absolute atomic E-state index is 0.